The molecule has 5 nitrogen and oxygen atoms in total. The Balaban J connectivity index is 1.81. The van der Waals surface area contributed by atoms with Crippen LogP contribution in [0.4, 0.5) is 4.39 Å². The van der Waals surface area contributed by atoms with Crippen LogP contribution in [0.3, 0.4) is 0 Å². The summed E-state index contributed by atoms with van der Waals surface area (Å²) in [5.74, 6) is -0.0294. The van der Waals surface area contributed by atoms with Crippen molar-refractivity contribution in [2.45, 2.75) is 13.1 Å². The molecule has 0 fully saturated rings. The zero-order valence-corrected chi connectivity index (χ0v) is 16.3. The molecule has 0 saturated carbocycles. The molecule has 2 aromatic carbocycles. The van der Waals surface area contributed by atoms with E-state index in [0.29, 0.717) is 19.6 Å². The molecule has 28 heavy (non-hydrogen) atoms. The van der Waals surface area contributed by atoms with Crippen LogP contribution in [0.25, 0.3) is 0 Å². The first-order chi connectivity index (χ1) is 13.5. The monoisotopic (exact) mass is 381 g/mol. The average molecular weight is 381 g/mol. The van der Waals surface area contributed by atoms with E-state index in [4.69, 9.17) is 0 Å². The van der Waals surface area contributed by atoms with Crippen LogP contribution in [0.2, 0.25) is 0 Å². The Morgan fingerprint density at radius 1 is 1.11 bits per heavy atom. The second-order valence-corrected chi connectivity index (χ2v) is 7.12. The summed E-state index contributed by atoms with van der Waals surface area (Å²) in [7, 11) is 4.06. The molecule has 1 heterocycles. The molecular weight excluding hydrogens is 355 g/mol. The Morgan fingerprint density at radius 3 is 2.54 bits per heavy atom. The highest BCUT2D eigenvalue weighted by molar-refractivity contribution is 5.94. The maximum absolute atomic E-state index is 14.2. The summed E-state index contributed by atoms with van der Waals surface area (Å²) in [6.45, 7) is 2.30. The number of halogens is 1. The smallest absolute Gasteiger partial charge is 0.257 e. The lowest BCUT2D eigenvalue weighted by Gasteiger charge is -2.24. The summed E-state index contributed by atoms with van der Waals surface area (Å²) in [5.41, 5.74) is 1.25. The number of imidazole rings is 1. The third-order valence-electron chi connectivity index (χ3n) is 4.60. The van der Waals surface area contributed by atoms with Gasteiger partial charge in [0.2, 0.25) is 0 Å². The molecule has 3 aromatic rings. The van der Waals surface area contributed by atoms with Gasteiger partial charge in [0, 0.05) is 18.9 Å². The molecule has 146 valence electrons. The number of likely N-dealkylation sites (N-methyl/N-ethyl adjacent to an activating group) is 1. The Bertz CT molecular complexity index is 908. The van der Waals surface area contributed by atoms with Gasteiger partial charge in [-0.15, -0.1) is 0 Å². The van der Waals surface area contributed by atoms with Gasteiger partial charge in [0.1, 0.15) is 11.6 Å². The van der Waals surface area contributed by atoms with Gasteiger partial charge in [0.15, 0.2) is 0 Å². The maximum Gasteiger partial charge on any atom is 0.257 e. The van der Waals surface area contributed by atoms with E-state index in [-0.39, 0.29) is 11.5 Å². The quantitative estimate of drug-likeness (QED) is 0.647. The van der Waals surface area contributed by atoms with Gasteiger partial charge >= 0.3 is 0 Å². The topological polar surface area (TPSA) is 42.6 Å². The van der Waals surface area contributed by atoms with Crippen LogP contribution >= 0.6 is 0 Å². The van der Waals surface area contributed by atoms with E-state index < -0.39 is 5.82 Å². The number of nitrogens with one attached hydrogen (secondary N) is 1. The second kappa shape index (κ2) is 9.28. The van der Waals surface area contributed by atoms with Crippen LogP contribution in [0.15, 0.2) is 67.0 Å². The molecule has 0 unspecified atom stereocenters. The number of carbonyl (C=O) groups excluding carboxylic acids is 1. The van der Waals surface area contributed by atoms with Crippen molar-refractivity contribution in [1.82, 2.24) is 14.5 Å². The molecule has 0 aliphatic carbocycles. The third-order valence-corrected chi connectivity index (χ3v) is 4.60. The molecule has 6 heteroatoms. The van der Waals surface area contributed by atoms with E-state index in [2.05, 4.69) is 17.1 Å². The van der Waals surface area contributed by atoms with Crippen LogP contribution in [-0.2, 0) is 13.1 Å². The number of hydrogen-bond acceptors (Lipinski definition) is 2. The summed E-state index contributed by atoms with van der Waals surface area (Å²) >= 11 is 0. The molecule has 0 atom stereocenters. The van der Waals surface area contributed by atoms with Gasteiger partial charge < -0.3 is 14.4 Å². The molecule has 0 radical (unpaired) electrons. The van der Waals surface area contributed by atoms with Crippen molar-refractivity contribution in [1.29, 1.82) is 0 Å². The Labute approximate surface area is 165 Å². The van der Waals surface area contributed by atoms with E-state index in [9.17, 15) is 9.18 Å². The fourth-order valence-electron chi connectivity index (χ4n) is 3.00. The van der Waals surface area contributed by atoms with Gasteiger partial charge in [0.25, 0.3) is 5.91 Å². The highest BCUT2D eigenvalue weighted by atomic mass is 19.1. The maximum atomic E-state index is 14.2. The third kappa shape index (κ3) is 5.04. The minimum Gasteiger partial charge on any atom is -0.338 e. The molecule has 0 aliphatic rings. The van der Waals surface area contributed by atoms with Gasteiger partial charge in [-0.25, -0.2) is 9.37 Å². The van der Waals surface area contributed by atoms with Gasteiger partial charge in [-0.05, 0) is 17.7 Å². The summed E-state index contributed by atoms with van der Waals surface area (Å²) in [6, 6.07) is 16.2. The van der Waals surface area contributed by atoms with Crippen molar-refractivity contribution in [3.8, 4) is 0 Å². The lowest BCUT2D eigenvalue weighted by molar-refractivity contribution is -0.857. The van der Waals surface area contributed by atoms with Crippen molar-refractivity contribution in [2.24, 2.45) is 0 Å². The second-order valence-electron chi connectivity index (χ2n) is 7.12. The molecular formula is C22H26FN4O+. The van der Waals surface area contributed by atoms with Crippen molar-refractivity contribution >= 4 is 5.91 Å². The van der Waals surface area contributed by atoms with Crippen LogP contribution in [0, 0.1) is 5.82 Å². The number of amides is 1. The largest absolute Gasteiger partial charge is 0.338 e. The van der Waals surface area contributed by atoms with Crippen molar-refractivity contribution < 1.29 is 14.1 Å². The molecule has 0 saturated heterocycles. The number of quaternary nitrogens is 1. The fourth-order valence-corrected chi connectivity index (χ4v) is 3.00. The lowest BCUT2D eigenvalue weighted by Crippen LogP contribution is -3.06. The zero-order chi connectivity index (χ0) is 19.9. The average Bonchev–Trinajstić information content (AvgIpc) is 3.12. The van der Waals surface area contributed by atoms with Crippen LogP contribution < -0.4 is 4.90 Å². The number of carbonyl (C=O) groups is 1. The standard InChI is InChI=1S/C22H25FN4O/c1-25(2)14-15-27(22(28)19-10-6-7-11-20(19)23)17-21-24-12-13-26(21)16-18-8-4-3-5-9-18/h3-13H,14-17H2,1-2H3/p+1. The first-order valence-electron chi connectivity index (χ1n) is 9.41. The Kier molecular flexibility index (Phi) is 6.55. The highest BCUT2D eigenvalue weighted by Gasteiger charge is 2.21. The molecule has 0 aliphatic heterocycles. The van der Waals surface area contributed by atoms with Crippen LogP contribution in [-0.4, -0.2) is 47.5 Å². The van der Waals surface area contributed by atoms with E-state index in [1.165, 1.54) is 17.0 Å². The van der Waals surface area contributed by atoms with E-state index in [1.807, 2.05) is 43.1 Å². The van der Waals surface area contributed by atoms with Gasteiger partial charge in [0.05, 0.1) is 39.3 Å². The van der Waals surface area contributed by atoms with Crippen LogP contribution in [0.5, 0.6) is 0 Å². The predicted octanol–water partition coefficient (Wildman–Crippen LogP) is 1.86. The van der Waals surface area contributed by atoms with Gasteiger partial charge in [-0.3, -0.25) is 4.79 Å². The molecule has 3 rings (SSSR count). The molecule has 1 aromatic heterocycles. The summed E-state index contributed by atoms with van der Waals surface area (Å²) in [4.78, 5) is 20.4. The molecule has 0 bridgehead atoms. The lowest BCUT2D eigenvalue weighted by atomic mass is 10.2. The van der Waals surface area contributed by atoms with Gasteiger partial charge in [-0.1, -0.05) is 42.5 Å². The molecule has 1 amide bonds. The fraction of sp³-hybridized carbons (Fsp3) is 0.273. The van der Waals surface area contributed by atoms with E-state index >= 15 is 0 Å². The van der Waals surface area contributed by atoms with E-state index in [0.717, 1.165) is 17.9 Å². The highest BCUT2D eigenvalue weighted by Crippen LogP contribution is 2.13. The summed E-state index contributed by atoms with van der Waals surface area (Å²) < 4.78 is 16.2. The van der Waals surface area contributed by atoms with Crippen LogP contribution in [0.1, 0.15) is 21.7 Å². The Morgan fingerprint density at radius 2 is 1.82 bits per heavy atom. The minimum absolute atomic E-state index is 0.0948. The number of aromatic nitrogens is 2. The number of benzene rings is 2. The molecule has 0 spiro atoms. The normalized spacial score (nSPS) is 11.0. The SMILES string of the molecule is C[NH+](C)CCN(Cc1nccn1Cc1ccccc1)C(=O)c1ccccc1F. The van der Waals surface area contributed by atoms with Crippen molar-refractivity contribution in [3.05, 3.63) is 89.8 Å². The summed E-state index contributed by atoms with van der Waals surface area (Å²) in [6.07, 6.45) is 3.65. The number of rotatable bonds is 8. The van der Waals surface area contributed by atoms with Gasteiger partial charge in [-0.2, -0.15) is 0 Å². The zero-order valence-electron chi connectivity index (χ0n) is 16.3. The van der Waals surface area contributed by atoms with Crippen molar-refractivity contribution in [2.75, 3.05) is 27.2 Å². The number of hydrogen-bond donors (Lipinski definition) is 1. The summed E-state index contributed by atoms with van der Waals surface area (Å²) in [5, 5.41) is 0. The Hall–Kier alpha value is -2.99. The molecule has 1 N–H and O–H groups in total. The first kappa shape index (κ1) is 19.8. The first-order valence-corrected chi connectivity index (χ1v) is 9.41. The predicted molar refractivity (Wildman–Crippen MR) is 107 cm³/mol. The minimum atomic E-state index is -0.498. The van der Waals surface area contributed by atoms with Crippen molar-refractivity contribution in [3.63, 3.8) is 0 Å². The van der Waals surface area contributed by atoms with E-state index in [1.54, 1.807) is 23.2 Å². The number of nitrogens with zero attached hydrogens (tertiary/aromatic N) is 3.